The van der Waals surface area contributed by atoms with Gasteiger partial charge in [0.2, 0.25) is 0 Å². The number of hydrogen-bond donors (Lipinski definition) is 2. The number of aryl methyl sites for hydroxylation is 1. The van der Waals surface area contributed by atoms with Gasteiger partial charge in [-0.05, 0) is 25.3 Å². The first-order valence-electron chi connectivity index (χ1n) is 5.90. The van der Waals surface area contributed by atoms with Gasteiger partial charge in [0.15, 0.2) is 0 Å². The Hall–Kier alpha value is -0.860. The Kier molecular flexibility index (Phi) is 4.51. The van der Waals surface area contributed by atoms with Crippen molar-refractivity contribution in [1.82, 2.24) is 5.32 Å². The quantitative estimate of drug-likeness (QED) is 0.800. The van der Waals surface area contributed by atoms with Crippen LogP contribution in [0.25, 0.3) is 0 Å². The van der Waals surface area contributed by atoms with Crippen molar-refractivity contribution in [2.45, 2.75) is 39.8 Å². The smallest absolute Gasteiger partial charge is 0.0766 e. The molecule has 0 aromatic heterocycles. The average Bonchev–Trinajstić information content (AvgIpc) is 2.20. The van der Waals surface area contributed by atoms with Gasteiger partial charge >= 0.3 is 0 Å². The van der Waals surface area contributed by atoms with E-state index < -0.39 is 5.60 Å². The van der Waals surface area contributed by atoms with Crippen molar-refractivity contribution in [3.8, 4) is 0 Å². The molecule has 0 radical (unpaired) electrons. The molecule has 0 saturated heterocycles. The van der Waals surface area contributed by atoms with Gasteiger partial charge in [-0.3, -0.25) is 0 Å². The zero-order valence-electron chi connectivity index (χ0n) is 10.7. The predicted molar refractivity (Wildman–Crippen MR) is 68.3 cm³/mol. The average molecular weight is 221 g/mol. The molecule has 2 heteroatoms. The largest absolute Gasteiger partial charge is 0.389 e. The Morgan fingerprint density at radius 2 is 1.81 bits per heavy atom. The fourth-order valence-electron chi connectivity index (χ4n) is 1.37. The summed E-state index contributed by atoms with van der Waals surface area (Å²) in [4.78, 5) is 0. The minimum Gasteiger partial charge on any atom is -0.389 e. The first kappa shape index (κ1) is 13.2. The summed E-state index contributed by atoms with van der Waals surface area (Å²) in [6.07, 6.45) is 0. The second-order valence-electron chi connectivity index (χ2n) is 5.10. The van der Waals surface area contributed by atoms with E-state index in [1.165, 1.54) is 11.1 Å². The molecule has 1 aromatic carbocycles. The molecule has 0 saturated carbocycles. The molecule has 0 aliphatic heterocycles. The van der Waals surface area contributed by atoms with Gasteiger partial charge in [-0.15, -0.1) is 0 Å². The van der Waals surface area contributed by atoms with E-state index in [9.17, 15) is 5.11 Å². The number of benzene rings is 1. The highest BCUT2D eigenvalue weighted by molar-refractivity contribution is 5.21. The molecule has 16 heavy (non-hydrogen) atoms. The molecule has 1 rings (SSSR count). The lowest BCUT2D eigenvalue weighted by atomic mass is 9.92. The molecule has 0 heterocycles. The molecular weight excluding hydrogens is 198 g/mol. The van der Waals surface area contributed by atoms with Crippen molar-refractivity contribution in [1.29, 1.82) is 0 Å². The van der Waals surface area contributed by atoms with Crippen LogP contribution in [0.3, 0.4) is 0 Å². The molecule has 2 N–H and O–H groups in total. The Bertz CT molecular complexity index is 314. The summed E-state index contributed by atoms with van der Waals surface area (Å²) in [5.74, 6) is 0.262. The Morgan fingerprint density at radius 3 is 2.31 bits per heavy atom. The highest BCUT2D eigenvalue weighted by Gasteiger charge is 2.23. The molecule has 0 spiro atoms. The van der Waals surface area contributed by atoms with Crippen LogP contribution in [0.4, 0.5) is 0 Å². The van der Waals surface area contributed by atoms with Crippen molar-refractivity contribution < 1.29 is 5.11 Å². The van der Waals surface area contributed by atoms with E-state index in [2.05, 4.69) is 36.5 Å². The van der Waals surface area contributed by atoms with Gasteiger partial charge < -0.3 is 10.4 Å². The van der Waals surface area contributed by atoms with Gasteiger partial charge in [0.1, 0.15) is 0 Å². The van der Waals surface area contributed by atoms with Crippen LogP contribution in [0.15, 0.2) is 24.3 Å². The van der Waals surface area contributed by atoms with E-state index in [4.69, 9.17) is 0 Å². The molecule has 1 unspecified atom stereocenters. The lowest BCUT2D eigenvalue weighted by Crippen LogP contribution is -2.41. The molecule has 0 aliphatic rings. The van der Waals surface area contributed by atoms with E-state index >= 15 is 0 Å². The van der Waals surface area contributed by atoms with Crippen molar-refractivity contribution in [3.63, 3.8) is 0 Å². The number of hydrogen-bond acceptors (Lipinski definition) is 2. The highest BCUT2D eigenvalue weighted by Crippen LogP contribution is 2.14. The van der Waals surface area contributed by atoms with Gasteiger partial charge in [-0.25, -0.2) is 0 Å². The molecule has 0 fully saturated rings. The topological polar surface area (TPSA) is 32.3 Å². The zero-order valence-corrected chi connectivity index (χ0v) is 10.7. The van der Waals surface area contributed by atoms with E-state index in [-0.39, 0.29) is 5.92 Å². The summed E-state index contributed by atoms with van der Waals surface area (Å²) in [5.41, 5.74) is 1.90. The van der Waals surface area contributed by atoms with Crippen LogP contribution in [-0.4, -0.2) is 17.3 Å². The van der Waals surface area contributed by atoms with Crippen molar-refractivity contribution in [2.24, 2.45) is 5.92 Å². The Morgan fingerprint density at radius 1 is 1.25 bits per heavy atom. The van der Waals surface area contributed by atoms with Gasteiger partial charge in [-0.2, -0.15) is 0 Å². The number of nitrogens with one attached hydrogen (secondary N) is 1. The Labute approximate surface area is 98.7 Å². The molecule has 1 atom stereocenters. The van der Waals surface area contributed by atoms with E-state index in [1.54, 1.807) is 0 Å². The third-order valence-corrected chi connectivity index (χ3v) is 3.18. The molecule has 0 amide bonds. The summed E-state index contributed by atoms with van der Waals surface area (Å²) in [7, 11) is 0. The minimum atomic E-state index is -0.634. The number of aliphatic hydroxyl groups is 1. The van der Waals surface area contributed by atoms with Crippen LogP contribution in [-0.2, 0) is 6.54 Å². The normalized spacial score (nSPS) is 15.1. The third kappa shape index (κ3) is 3.95. The van der Waals surface area contributed by atoms with Crippen LogP contribution < -0.4 is 5.32 Å². The van der Waals surface area contributed by atoms with E-state index in [1.807, 2.05) is 20.8 Å². The molecule has 0 aliphatic carbocycles. The second-order valence-corrected chi connectivity index (χ2v) is 5.10. The summed E-state index contributed by atoms with van der Waals surface area (Å²) in [6, 6.07) is 8.45. The summed E-state index contributed by atoms with van der Waals surface area (Å²) < 4.78 is 0. The summed E-state index contributed by atoms with van der Waals surface area (Å²) >= 11 is 0. The summed E-state index contributed by atoms with van der Waals surface area (Å²) in [5, 5.41) is 13.3. The monoisotopic (exact) mass is 221 g/mol. The van der Waals surface area contributed by atoms with Crippen LogP contribution >= 0.6 is 0 Å². The summed E-state index contributed by atoms with van der Waals surface area (Å²) in [6.45, 7) is 9.46. The first-order chi connectivity index (χ1) is 7.42. The third-order valence-electron chi connectivity index (χ3n) is 3.18. The van der Waals surface area contributed by atoms with E-state index in [0.717, 1.165) is 6.54 Å². The van der Waals surface area contributed by atoms with Crippen LogP contribution in [0, 0.1) is 12.8 Å². The van der Waals surface area contributed by atoms with Crippen LogP contribution in [0.2, 0.25) is 0 Å². The van der Waals surface area contributed by atoms with Crippen LogP contribution in [0.1, 0.15) is 31.9 Å². The maximum atomic E-state index is 10.1. The molecule has 2 nitrogen and oxygen atoms in total. The van der Waals surface area contributed by atoms with Gasteiger partial charge in [0.05, 0.1) is 5.60 Å². The zero-order chi connectivity index (χ0) is 12.2. The molecule has 1 aromatic rings. The Balaban J connectivity index is 2.39. The van der Waals surface area contributed by atoms with Crippen LogP contribution in [0.5, 0.6) is 0 Å². The molecule has 0 bridgehead atoms. The second kappa shape index (κ2) is 5.46. The minimum absolute atomic E-state index is 0.262. The van der Waals surface area contributed by atoms with Crippen molar-refractivity contribution in [3.05, 3.63) is 35.4 Å². The van der Waals surface area contributed by atoms with E-state index in [0.29, 0.717) is 6.54 Å². The first-order valence-corrected chi connectivity index (χ1v) is 5.90. The maximum absolute atomic E-state index is 10.1. The fourth-order valence-corrected chi connectivity index (χ4v) is 1.37. The SMILES string of the molecule is Cc1ccc(CNCC(C)(O)C(C)C)cc1. The standard InChI is InChI=1S/C14H23NO/c1-11(2)14(4,16)10-15-9-13-7-5-12(3)6-8-13/h5-8,11,15-16H,9-10H2,1-4H3. The lowest BCUT2D eigenvalue weighted by molar-refractivity contribution is 0.0140. The molecule has 90 valence electrons. The van der Waals surface area contributed by atoms with Crippen molar-refractivity contribution >= 4 is 0 Å². The number of rotatable bonds is 5. The van der Waals surface area contributed by atoms with Gasteiger partial charge in [0.25, 0.3) is 0 Å². The predicted octanol–water partition coefficient (Wildman–Crippen LogP) is 2.49. The lowest BCUT2D eigenvalue weighted by Gasteiger charge is -2.28. The van der Waals surface area contributed by atoms with Crippen molar-refractivity contribution in [2.75, 3.05) is 6.54 Å². The van der Waals surface area contributed by atoms with Gasteiger partial charge in [-0.1, -0.05) is 43.7 Å². The fraction of sp³-hybridized carbons (Fsp3) is 0.571. The highest BCUT2D eigenvalue weighted by atomic mass is 16.3. The molecular formula is C14H23NO. The van der Waals surface area contributed by atoms with Gasteiger partial charge in [0, 0.05) is 13.1 Å². The maximum Gasteiger partial charge on any atom is 0.0766 e.